The fraction of sp³-hybridized carbons (Fsp3) is 0.562. The Morgan fingerprint density at radius 3 is 2.57 bits per heavy atom. The maximum absolute atomic E-state index is 11.8. The lowest BCUT2D eigenvalue weighted by Crippen LogP contribution is -3.00. The van der Waals surface area contributed by atoms with Crippen LogP contribution in [0.5, 0.6) is 5.75 Å². The third-order valence-electron chi connectivity index (χ3n) is 4.21. The van der Waals surface area contributed by atoms with Gasteiger partial charge >= 0.3 is 0 Å². The van der Waals surface area contributed by atoms with Gasteiger partial charge in [0.15, 0.2) is 0 Å². The summed E-state index contributed by atoms with van der Waals surface area (Å²) in [6.45, 7) is 2.72. The normalized spacial score (nSPS) is 21.4. The molecule has 0 spiro atoms. The van der Waals surface area contributed by atoms with Crippen LogP contribution in [0.3, 0.4) is 0 Å². The van der Waals surface area contributed by atoms with Gasteiger partial charge in [-0.05, 0) is 37.5 Å². The average molecular weight is 314 g/mol. The first-order valence-electron chi connectivity index (χ1n) is 7.41. The Hall–Kier alpha value is -1.10. The van der Waals surface area contributed by atoms with Crippen molar-refractivity contribution in [3.63, 3.8) is 0 Å². The number of benzene rings is 1. The highest BCUT2D eigenvalue weighted by Crippen LogP contribution is 2.20. The first-order valence-corrected chi connectivity index (χ1v) is 7.41. The molecule has 4 N–H and O–H groups in total. The zero-order valence-corrected chi connectivity index (χ0v) is 13.1. The Labute approximate surface area is 132 Å². The largest absolute Gasteiger partial charge is 1.00 e. The van der Waals surface area contributed by atoms with E-state index in [2.05, 4.69) is 5.32 Å². The maximum atomic E-state index is 11.8. The lowest BCUT2D eigenvalue weighted by atomic mass is 9.87. The number of phenolic OH excluding ortho intramolecular Hbond substituents is 1. The number of aromatic hydroxyl groups is 1. The summed E-state index contributed by atoms with van der Waals surface area (Å²) in [5.41, 5.74) is 0.793. The van der Waals surface area contributed by atoms with Crippen LogP contribution in [0.2, 0.25) is 0 Å². The third kappa shape index (κ3) is 4.99. The van der Waals surface area contributed by atoms with Crippen LogP contribution in [0.1, 0.15) is 44.3 Å². The summed E-state index contributed by atoms with van der Waals surface area (Å²) in [5, 5.41) is 21.6. The van der Waals surface area contributed by atoms with Crippen molar-refractivity contribution >= 4 is 5.78 Å². The maximum Gasteiger partial charge on any atom is 0.141 e. The summed E-state index contributed by atoms with van der Waals surface area (Å²) >= 11 is 0. The molecule has 0 heterocycles. The number of Topliss-reactive ketones (excluding diaryl/α,β-unsaturated/α-hetero) is 1. The van der Waals surface area contributed by atoms with Crippen LogP contribution in [-0.2, 0) is 4.79 Å². The number of hydrogen-bond acceptors (Lipinski definition) is 3. The van der Waals surface area contributed by atoms with Crippen LogP contribution in [-0.4, -0.2) is 28.6 Å². The zero-order valence-electron chi connectivity index (χ0n) is 12.3. The molecular formula is C16H24ClNO3. The number of hydrogen-bond donors (Lipinski definition) is 3. The molecule has 0 aromatic heterocycles. The van der Waals surface area contributed by atoms with Crippen molar-refractivity contribution in [3.05, 3.63) is 29.8 Å². The SMILES string of the molecule is CC([NH2+]CC1CCCCC1=O)C(O)c1ccc(O)cc1.[Cl-]. The standard InChI is InChI=1S/C16H23NO3.ClH/c1-11(16(20)12-6-8-14(18)9-7-12)17-10-13-4-2-3-5-15(13)19;/h6-9,11,13,16-18,20H,2-5,10H2,1H3;1H. The Bertz CT molecular complexity index is 449. The number of rotatable bonds is 5. The molecule has 0 bridgehead atoms. The highest BCUT2D eigenvalue weighted by molar-refractivity contribution is 5.81. The molecule has 0 amide bonds. The molecule has 0 aliphatic heterocycles. The summed E-state index contributed by atoms with van der Waals surface area (Å²) in [6.07, 6.45) is 3.28. The topological polar surface area (TPSA) is 74.1 Å². The second-order valence-corrected chi connectivity index (χ2v) is 5.78. The van der Waals surface area contributed by atoms with Crippen molar-refractivity contribution in [1.82, 2.24) is 0 Å². The highest BCUT2D eigenvalue weighted by Gasteiger charge is 2.26. The molecular weight excluding hydrogens is 290 g/mol. The monoisotopic (exact) mass is 313 g/mol. The Morgan fingerprint density at radius 2 is 1.95 bits per heavy atom. The van der Waals surface area contributed by atoms with Gasteiger partial charge in [0.25, 0.3) is 0 Å². The van der Waals surface area contributed by atoms with Crippen LogP contribution in [0.15, 0.2) is 24.3 Å². The minimum absolute atomic E-state index is 0. The molecule has 2 rings (SSSR count). The van der Waals surface area contributed by atoms with Crippen LogP contribution in [0.25, 0.3) is 0 Å². The summed E-state index contributed by atoms with van der Waals surface area (Å²) in [6, 6.07) is 6.62. The van der Waals surface area contributed by atoms with E-state index in [0.717, 1.165) is 31.4 Å². The van der Waals surface area contributed by atoms with Gasteiger partial charge < -0.3 is 27.9 Å². The van der Waals surface area contributed by atoms with E-state index in [1.807, 2.05) is 6.92 Å². The number of nitrogens with two attached hydrogens (primary N) is 1. The summed E-state index contributed by atoms with van der Waals surface area (Å²) < 4.78 is 0. The predicted molar refractivity (Wildman–Crippen MR) is 76.3 cm³/mol. The van der Waals surface area contributed by atoms with Gasteiger partial charge in [0, 0.05) is 6.42 Å². The molecule has 118 valence electrons. The number of halogens is 1. The molecule has 1 aromatic rings. The fourth-order valence-corrected chi connectivity index (χ4v) is 2.79. The first kappa shape index (κ1) is 18.0. The number of ketones is 1. The Kier molecular flexibility index (Phi) is 7.15. The van der Waals surface area contributed by atoms with Crippen molar-refractivity contribution < 1.29 is 32.7 Å². The predicted octanol–water partition coefficient (Wildman–Crippen LogP) is -1.86. The van der Waals surface area contributed by atoms with Crippen molar-refractivity contribution in [1.29, 1.82) is 0 Å². The molecule has 1 fully saturated rings. The quantitative estimate of drug-likeness (QED) is 0.597. The first-order chi connectivity index (χ1) is 9.58. The minimum Gasteiger partial charge on any atom is -1.00 e. The molecule has 0 saturated heterocycles. The van der Waals surface area contributed by atoms with E-state index in [9.17, 15) is 15.0 Å². The molecule has 4 nitrogen and oxygen atoms in total. The smallest absolute Gasteiger partial charge is 0.141 e. The van der Waals surface area contributed by atoms with Crippen molar-refractivity contribution in [2.24, 2.45) is 5.92 Å². The van der Waals surface area contributed by atoms with E-state index in [0.29, 0.717) is 12.2 Å². The van der Waals surface area contributed by atoms with E-state index in [1.165, 1.54) is 0 Å². The molecule has 1 aromatic carbocycles. The Balaban J connectivity index is 0.00000220. The van der Waals surface area contributed by atoms with Gasteiger partial charge in [0.05, 0.1) is 12.5 Å². The van der Waals surface area contributed by atoms with Gasteiger partial charge in [-0.1, -0.05) is 18.6 Å². The molecule has 5 heteroatoms. The summed E-state index contributed by atoms with van der Waals surface area (Å²) in [4.78, 5) is 11.8. The van der Waals surface area contributed by atoms with Crippen LogP contribution < -0.4 is 17.7 Å². The minimum atomic E-state index is -0.589. The van der Waals surface area contributed by atoms with E-state index >= 15 is 0 Å². The van der Waals surface area contributed by atoms with Gasteiger partial charge in [0.2, 0.25) is 0 Å². The fourth-order valence-electron chi connectivity index (χ4n) is 2.79. The summed E-state index contributed by atoms with van der Waals surface area (Å²) in [7, 11) is 0. The number of aliphatic hydroxyl groups excluding tert-OH is 1. The van der Waals surface area contributed by atoms with E-state index in [4.69, 9.17) is 0 Å². The van der Waals surface area contributed by atoms with E-state index < -0.39 is 6.10 Å². The lowest BCUT2D eigenvalue weighted by molar-refractivity contribution is -0.697. The van der Waals surface area contributed by atoms with E-state index in [-0.39, 0.29) is 30.1 Å². The number of phenols is 1. The van der Waals surface area contributed by atoms with Gasteiger partial charge in [-0.15, -0.1) is 0 Å². The molecule has 1 aliphatic rings. The van der Waals surface area contributed by atoms with Gasteiger partial charge in [-0.25, -0.2) is 0 Å². The average Bonchev–Trinajstić information content (AvgIpc) is 2.46. The molecule has 1 aliphatic carbocycles. The molecule has 21 heavy (non-hydrogen) atoms. The van der Waals surface area contributed by atoms with Gasteiger partial charge in [0.1, 0.15) is 23.7 Å². The Morgan fingerprint density at radius 1 is 1.29 bits per heavy atom. The zero-order chi connectivity index (χ0) is 14.5. The van der Waals surface area contributed by atoms with Crippen LogP contribution >= 0.6 is 0 Å². The number of carbonyl (C=O) groups is 1. The second kappa shape index (κ2) is 8.37. The molecule has 3 unspecified atom stereocenters. The van der Waals surface area contributed by atoms with Crippen molar-refractivity contribution in [3.8, 4) is 5.75 Å². The third-order valence-corrected chi connectivity index (χ3v) is 4.21. The van der Waals surface area contributed by atoms with Crippen molar-refractivity contribution in [2.75, 3.05) is 6.54 Å². The van der Waals surface area contributed by atoms with Gasteiger partial charge in [-0.2, -0.15) is 0 Å². The lowest BCUT2D eigenvalue weighted by Gasteiger charge is -2.23. The van der Waals surface area contributed by atoms with Crippen LogP contribution in [0, 0.1) is 5.92 Å². The molecule has 0 radical (unpaired) electrons. The van der Waals surface area contributed by atoms with E-state index in [1.54, 1.807) is 24.3 Å². The molecule has 1 saturated carbocycles. The van der Waals surface area contributed by atoms with Gasteiger partial charge in [-0.3, -0.25) is 4.79 Å². The van der Waals surface area contributed by atoms with Crippen molar-refractivity contribution in [2.45, 2.75) is 44.8 Å². The number of quaternary nitrogens is 1. The highest BCUT2D eigenvalue weighted by atomic mass is 35.5. The number of carbonyl (C=O) groups excluding carboxylic acids is 1. The number of aliphatic hydroxyl groups is 1. The molecule has 3 atom stereocenters. The summed E-state index contributed by atoms with van der Waals surface area (Å²) in [5.74, 6) is 0.724. The second-order valence-electron chi connectivity index (χ2n) is 5.78. The van der Waals surface area contributed by atoms with Crippen LogP contribution in [0.4, 0.5) is 0 Å².